The Morgan fingerprint density at radius 1 is 0.607 bits per heavy atom. The van der Waals surface area contributed by atoms with Gasteiger partial charge in [-0.25, -0.2) is 4.98 Å². The number of imidazole rings is 1. The zero-order valence-electron chi connectivity index (χ0n) is 33.5. The number of hydrogen-bond donors (Lipinski definition) is 0. The van der Waals surface area contributed by atoms with E-state index < -0.39 is 0 Å². The number of benzene rings is 7. The van der Waals surface area contributed by atoms with Crippen LogP contribution in [-0.4, -0.2) is 14.1 Å². The Morgan fingerprint density at radius 3 is 2.13 bits per heavy atom. The van der Waals surface area contributed by atoms with E-state index in [1.165, 1.54) is 22.3 Å². The Hall–Kier alpha value is -7.01. The zero-order chi connectivity index (χ0) is 40.1. The summed E-state index contributed by atoms with van der Waals surface area (Å²) in [5.41, 5.74) is 13.5. The summed E-state index contributed by atoms with van der Waals surface area (Å²) in [5, 5.41) is 4.22. The zero-order valence-corrected chi connectivity index (χ0v) is 35.8. The van der Waals surface area contributed by atoms with Crippen molar-refractivity contribution in [2.24, 2.45) is 0 Å². The summed E-state index contributed by atoms with van der Waals surface area (Å²) < 4.78 is 19.4. The van der Waals surface area contributed by atoms with Crippen LogP contribution in [0.4, 0.5) is 0 Å². The third-order valence-corrected chi connectivity index (χ3v) is 11.8. The summed E-state index contributed by atoms with van der Waals surface area (Å²) in [6.45, 7) is 6.67. The van der Waals surface area contributed by atoms with Crippen molar-refractivity contribution in [3.8, 4) is 62.2 Å². The van der Waals surface area contributed by atoms with E-state index in [1.807, 2.05) is 47.2 Å². The third-order valence-electron chi connectivity index (χ3n) is 11.8. The van der Waals surface area contributed by atoms with Gasteiger partial charge in [0.1, 0.15) is 17.0 Å². The first-order valence-electron chi connectivity index (χ1n) is 20.2. The quantitative estimate of drug-likeness (QED) is 0.130. The molecule has 0 amide bonds. The maximum Gasteiger partial charge on any atom is 0.267 e. The van der Waals surface area contributed by atoms with Crippen LogP contribution in [0.15, 0.2) is 168 Å². The summed E-state index contributed by atoms with van der Waals surface area (Å²) >= 11 is 0. The van der Waals surface area contributed by atoms with Gasteiger partial charge in [-0.05, 0) is 86.3 Å². The second-order valence-electron chi connectivity index (χ2n) is 16.5. The number of hydrogen-bond acceptors (Lipinski definition) is 3. The van der Waals surface area contributed by atoms with Crippen molar-refractivity contribution in [1.82, 2.24) is 14.1 Å². The van der Waals surface area contributed by atoms with Crippen LogP contribution in [0, 0.1) is 18.5 Å². The summed E-state index contributed by atoms with van der Waals surface area (Å²) in [6.07, 6.45) is 7.69. The SMILES string of the molecule is CC(C)(C)c1ccnc(-n2c3[c-]c(Oc4[c-]c(-n5[c-][n+]6c(c5)-c5ccccc5-c5ccccc5-c5ccccc5-6)ccc4)ccc3c3cc4oc5ccccc5c4cc32)c1.[Pt]. The molecule has 0 aliphatic carbocycles. The molecular weight excluding hydrogens is 932 g/mol. The molecule has 0 saturated carbocycles. The van der Waals surface area contributed by atoms with Gasteiger partial charge in [0, 0.05) is 61.2 Å². The fourth-order valence-corrected chi connectivity index (χ4v) is 8.86. The van der Waals surface area contributed by atoms with Crippen molar-refractivity contribution in [1.29, 1.82) is 0 Å². The number of rotatable bonds is 4. The second kappa shape index (κ2) is 14.0. The van der Waals surface area contributed by atoms with Crippen LogP contribution in [0.5, 0.6) is 11.5 Å². The Labute approximate surface area is 367 Å². The molecule has 0 atom stereocenters. The molecule has 61 heavy (non-hydrogen) atoms. The van der Waals surface area contributed by atoms with Crippen molar-refractivity contribution >= 4 is 43.7 Å². The molecule has 12 rings (SSSR count). The topological polar surface area (TPSA) is 49.0 Å². The maximum absolute atomic E-state index is 6.63. The van der Waals surface area contributed by atoms with Crippen molar-refractivity contribution in [2.45, 2.75) is 26.2 Å². The van der Waals surface area contributed by atoms with Crippen LogP contribution in [0.2, 0.25) is 0 Å². The van der Waals surface area contributed by atoms with Crippen molar-refractivity contribution in [3.05, 3.63) is 188 Å². The molecule has 4 aromatic heterocycles. The van der Waals surface area contributed by atoms with E-state index in [0.29, 0.717) is 11.5 Å². The monoisotopic (exact) mass is 967 g/mol. The van der Waals surface area contributed by atoms with Gasteiger partial charge in [-0.2, -0.15) is 18.2 Å². The summed E-state index contributed by atoms with van der Waals surface area (Å²) in [6, 6.07) is 59.8. The molecular formula is C54H36N4O2Pt-2. The van der Waals surface area contributed by atoms with Gasteiger partial charge in [0.25, 0.3) is 6.33 Å². The van der Waals surface area contributed by atoms with Gasteiger partial charge in [-0.15, -0.1) is 29.7 Å². The van der Waals surface area contributed by atoms with Crippen LogP contribution in [-0.2, 0) is 26.5 Å². The minimum absolute atomic E-state index is 0. The summed E-state index contributed by atoms with van der Waals surface area (Å²) in [7, 11) is 0. The van der Waals surface area contributed by atoms with Gasteiger partial charge < -0.3 is 18.3 Å². The van der Waals surface area contributed by atoms with Gasteiger partial charge in [0.05, 0.1) is 11.4 Å². The molecule has 0 bridgehead atoms. The molecule has 0 spiro atoms. The molecule has 11 aromatic rings. The van der Waals surface area contributed by atoms with E-state index in [4.69, 9.17) is 14.1 Å². The average molecular weight is 968 g/mol. The largest absolute Gasteiger partial charge is 0.510 e. The van der Waals surface area contributed by atoms with Crippen LogP contribution in [0.1, 0.15) is 26.3 Å². The van der Waals surface area contributed by atoms with Crippen LogP contribution in [0.25, 0.3) is 94.4 Å². The molecule has 5 heterocycles. The van der Waals surface area contributed by atoms with Crippen molar-refractivity contribution < 1.29 is 34.8 Å². The molecule has 0 fully saturated rings. The van der Waals surface area contributed by atoms with Gasteiger partial charge in [-0.1, -0.05) is 111 Å². The number of fused-ring (bicyclic) bond motifs is 14. The van der Waals surface area contributed by atoms with E-state index in [0.717, 1.165) is 77.8 Å². The molecule has 0 N–H and O–H groups in total. The predicted octanol–water partition coefficient (Wildman–Crippen LogP) is 12.9. The van der Waals surface area contributed by atoms with Crippen LogP contribution >= 0.6 is 0 Å². The first kappa shape index (κ1) is 37.0. The molecule has 7 aromatic carbocycles. The van der Waals surface area contributed by atoms with Gasteiger partial charge >= 0.3 is 0 Å². The molecule has 296 valence electrons. The van der Waals surface area contributed by atoms with Gasteiger partial charge in [-0.3, -0.25) is 4.57 Å². The van der Waals surface area contributed by atoms with Gasteiger partial charge in [0.2, 0.25) is 0 Å². The number of pyridine rings is 1. The number of ether oxygens (including phenoxy) is 1. The fourth-order valence-electron chi connectivity index (χ4n) is 8.86. The normalized spacial score (nSPS) is 12.0. The molecule has 1 aliphatic rings. The number of para-hydroxylation sites is 2. The van der Waals surface area contributed by atoms with Gasteiger partial charge in [0.15, 0.2) is 0 Å². The number of furan rings is 1. The molecule has 0 unspecified atom stereocenters. The summed E-state index contributed by atoms with van der Waals surface area (Å²) in [5.74, 6) is 1.95. The first-order valence-corrected chi connectivity index (χ1v) is 20.2. The standard InChI is InChI=1S/C54H36N4O2.Pt/c1-54(2,3)34-25-26-55-53(27-34)58-48-29-37(23-24-43(48)45-31-52-46(30-49(45)58)44-20-9-11-22-51(44)60-52)59-36-14-12-13-35(28-36)56-32-50-42-19-7-6-17-40(42)38-15-4-5-16-39(38)41-18-8-10-21-47(41)57(50)33-56;/h4-27,30-32H,1-3H3;/q-2;. The Balaban J connectivity index is 0.00000420. The smallest absolute Gasteiger partial charge is 0.267 e. The van der Waals surface area contributed by atoms with E-state index in [2.05, 4.69) is 170 Å². The fraction of sp³-hybridized carbons (Fsp3) is 0.0741. The minimum atomic E-state index is -0.0611. The van der Waals surface area contributed by atoms with Crippen molar-refractivity contribution in [3.63, 3.8) is 0 Å². The Kier molecular flexibility index (Phi) is 8.52. The summed E-state index contributed by atoms with van der Waals surface area (Å²) in [4.78, 5) is 4.93. The van der Waals surface area contributed by atoms with E-state index in [-0.39, 0.29) is 26.5 Å². The minimum Gasteiger partial charge on any atom is -0.510 e. The maximum atomic E-state index is 6.63. The molecule has 1 aliphatic heterocycles. The van der Waals surface area contributed by atoms with Crippen molar-refractivity contribution in [2.75, 3.05) is 0 Å². The van der Waals surface area contributed by atoms with E-state index >= 15 is 0 Å². The molecule has 6 nitrogen and oxygen atoms in total. The number of nitrogens with zero attached hydrogens (tertiary/aromatic N) is 4. The molecule has 0 radical (unpaired) electrons. The van der Waals surface area contributed by atoms with E-state index in [9.17, 15) is 0 Å². The predicted molar refractivity (Wildman–Crippen MR) is 238 cm³/mol. The van der Waals surface area contributed by atoms with Crippen LogP contribution in [0.3, 0.4) is 0 Å². The Bertz CT molecular complexity index is 3450. The van der Waals surface area contributed by atoms with E-state index in [1.54, 1.807) is 0 Å². The average Bonchev–Trinajstić information content (AvgIpc) is 3.97. The molecule has 7 heteroatoms. The Morgan fingerprint density at radius 2 is 1.31 bits per heavy atom. The number of aromatic nitrogens is 4. The second-order valence-corrected chi connectivity index (χ2v) is 16.5. The first-order chi connectivity index (χ1) is 29.4. The van der Waals surface area contributed by atoms with Crippen LogP contribution < -0.4 is 9.30 Å². The third kappa shape index (κ3) is 5.96. The molecule has 0 saturated heterocycles.